The van der Waals surface area contributed by atoms with Crippen LogP contribution in [0.5, 0.6) is 11.5 Å². The molecule has 0 aromatic heterocycles. The number of anilines is 1. The number of carbonyl (C=O) groups excluding carboxylic acids is 2. The summed E-state index contributed by atoms with van der Waals surface area (Å²) in [5, 5.41) is 2.58. The van der Waals surface area contributed by atoms with E-state index in [0.717, 1.165) is 0 Å². The van der Waals surface area contributed by atoms with Gasteiger partial charge in [-0.05, 0) is 35.9 Å². The van der Waals surface area contributed by atoms with Gasteiger partial charge in [-0.1, -0.05) is 36.4 Å². The van der Waals surface area contributed by atoms with E-state index in [0.29, 0.717) is 30.3 Å². The van der Waals surface area contributed by atoms with Crippen LogP contribution in [0, 0.1) is 0 Å². The third kappa shape index (κ3) is 5.07. The van der Waals surface area contributed by atoms with Gasteiger partial charge in [-0.2, -0.15) is 0 Å². The number of rotatable bonds is 7. The largest absolute Gasteiger partial charge is 0.486 e. The average Bonchev–Trinajstić information content (AvgIpc) is 2.82. The number of carbonyl (C=O) groups is 2. The molecule has 4 N–H and O–H groups in total. The van der Waals surface area contributed by atoms with E-state index in [1.165, 1.54) is 42.5 Å². The maximum Gasteiger partial charge on any atom is 0.262 e. The van der Waals surface area contributed by atoms with Gasteiger partial charge < -0.3 is 20.5 Å². The van der Waals surface area contributed by atoms with Crippen molar-refractivity contribution in [1.82, 2.24) is 5.32 Å². The van der Waals surface area contributed by atoms with Gasteiger partial charge in [0.1, 0.15) is 19.3 Å². The van der Waals surface area contributed by atoms with Gasteiger partial charge >= 0.3 is 0 Å². The van der Waals surface area contributed by atoms with Crippen LogP contribution in [0.1, 0.15) is 22.0 Å². The first kappa shape index (κ1) is 22.2. The van der Waals surface area contributed by atoms with Crippen LogP contribution in [0.4, 0.5) is 5.69 Å². The monoisotopic (exact) mass is 467 g/mol. The van der Waals surface area contributed by atoms with Gasteiger partial charge in [0.15, 0.2) is 11.5 Å². The Kier molecular flexibility index (Phi) is 6.18. The summed E-state index contributed by atoms with van der Waals surface area (Å²) in [5.74, 6) is -0.481. The number of sulfonamides is 1. The Morgan fingerprint density at radius 2 is 1.61 bits per heavy atom. The minimum absolute atomic E-state index is 0.0144. The quantitative estimate of drug-likeness (QED) is 0.487. The first-order chi connectivity index (χ1) is 15.8. The Balaban J connectivity index is 1.52. The highest BCUT2D eigenvalue weighted by atomic mass is 32.2. The fourth-order valence-electron chi connectivity index (χ4n) is 3.31. The van der Waals surface area contributed by atoms with Gasteiger partial charge in [0.25, 0.3) is 15.9 Å². The molecule has 1 atom stereocenters. The van der Waals surface area contributed by atoms with Crippen LogP contribution < -0.4 is 25.2 Å². The number of nitrogens with two attached hydrogens (primary N) is 1. The summed E-state index contributed by atoms with van der Waals surface area (Å²) in [7, 11) is -3.96. The van der Waals surface area contributed by atoms with Gasteiger partial charge in [0.05, 0.1) is 4.90 Å². The third-order valence-corrected chi connectivity index (χ3v) is 6.27. The molecule has 0 aliphatic carbocycles. The molecule has 9 nitrogen and oxygen atoms in total. The maximum atomic E-state index is 12.9. The van der Waals surface area contributed by atoms with Crippen LogP contribution in [0.25, 0.3) is 0 Å². The van der Waals surface area contributed by atoms with Crippen molar-refractivity contribution < 1.29 is 27.5 Å². The van der Waals surface area contributed by atoms with Crippen LogP contribution in [0.2, 0.25) is 0 Å². The summed E-state index contributed by atoms with van der Waals surface area (Å²) in [6.07, 6.45) is 0. The van der Waals surface area contributed by atoms with Crippen molar-refractivity contribution in [3.63, 3.8) is 0 Å². The summed E-state index contributed by atoms with van der Waals surface area (Å²) >= 11 is 0. The van der Waals surface area contributed by atoms with E-state index in [2.05, 4.69) is 10.0 Å². The fourth-order valence-corrected chi connectivity index (χ4v) is 4.37. The number of fused-ring (bicyclic) bond motifs is 1. The molecule has 0 radical (unpaired) electrons. The Bertz CT molecular complexity index is 1290. The van der Waals surface area contributed by atoms with Crippen molar-refractivity contribution in [1.29, 1.82) is 0 Å². The molecule has 0 saturated heterocycles. The number of ether oxygens (including phenoxy) is 2. The number of hydrogen-bond acceptors (Lipinski definition) is 6. The molecule has 0 bridgehead atoms. The number of primary amides is 1. The van der Waals surface area contributed by atoms with Crippen LogP contribution in [-0.4, -0.2) is 33.4 Å². The highest BCUT2D eigenvalue weighted by Crippen LogP contribution is 2.32. The van der Waals surface area contributed by atoms with Gasteiger partial charge in [-0.15, -0.1) is 0 Å². The van der Waals surface area contributed by atoms with Crippen LogP contribution in [-0.2, 0) is 14.8 Å². The lowest BCUT2D eigenvalue weighted by atomic mass is 10.1. The SMILES string of the molecule is NC(=O)C(NC(=O)c1cccc(NS(=O)(=O)c2ccc3c(c2)OCCO3)c1)c1ccccc1. The molecule has 3 aromatic rings. The number of nitrogens with one attached hydrogen (secondary N) is 2. The van der Waals surface area contributed by atoms with Crippen LogP contribution in [0.3, 0.4) is 0 Å². The van der Waals surface area contributed by atoms with Crippen LogP contribution >= 0.6 is 0 Å². The fraction of sp³-hybridized carbons (Fsp3) is 0.130. The predicted octanol–water partition coefficient (Wildman–Crippen LogP) is 2.21. The van der Waals surface area contributed by atoms with Gasteiger partial charge in [-0.25, -0.2) is 8.42 Å². The topological polar surface area (TPSA) is 137 Å². The second-order valence-electron chi connectivity index (χ2n) is 7.21. The van der Waals surface area contributed by atoms with Crippen molar-refractivity contribution in [3.8, 4) is 11.5 Å². The van der Waals surface area contributed by atoms with Crippen LogP contribution in [0.15, 0.2) is 77.7 Å². The highest BCUT2D eigenvalue weighted by Gasteiger charge is 2.22. The van der Waals surface area contributed by atoms with Gasteiger partial charge in [-0.3, -0.25) is 14.3 Å². The lowest BCUT2D eigenvalue weighted by Crippen LogP contribution is -2.37. The second kappa shape index (κ2) is 9.21. The van der Waals surface area contributed by atoms with E-state index >= 15 is 0 Å². The Hall–Kier alpha value is -4.05. The molecule has 0 spiro atoms. The summed E-state index contributed by atoms with van der Waals surface area (Å²) in [4.78, 5) is 24.6. The average molecular weight is 468 g/mol. The van der Waals surface area contributed by atoms with E-state index in [9.17, 15) is 18.0 Å². The summed E-state index contributed by atoms with van der Waals surface area (Å²) in [6.45, 7) is 0.726. The molecule has 1 unspecified atom stereocenters. The zero-order chi connectivity index (χ0) is 23.4. The van der Waals surface area contributed by atoms with E-state index in [-0.39, 0.29) is 16.1 Å². The number of hydrogen-bond donors (Lipinski definition) is 3. The van der Waals surface area contributed by atoms with Crippen molar-refractivity contribution in [2.24, 2.45) is 5.73 Å². The lowest BCUT2D eigenvalue weighted by molar-refractivity contribution is -0.120. The molecule has 10 heteroatoms. The summed E-state index contributed by atoms with van der Waals surface area (Å²) in [5.41, 5.74) is 6.32. The molecule has 33 heavy (non-hydrogen) atoms. The summed E-state index contributed by atoms with van der Waals surface area (Å²) < 4.78 is 39.0. The molecule has 0 fully saturated rings. The van der Waals surface area contributed by atoms with E-state index < -0.39 is 27.9 Å². The summed E-state index contributed by atoms with van der Waals surface area (Å²) in [6, 6.07) is 17.8. The minimum Gasteiger partial charge on any atom is -0.486 e. The zero-order valence-electron chi connectivity index (χ0n) is 17.4. The van der Waals surface area contributed by atoms with Crippen molar-refractivity contribution in [2.45, 2.75) is 10.9 Å². The number of amides is 2. The molecule has 3 aromatic carbocycles. The molecule has 2 amide bonds. The van der Waals surface area contributed by atoms with E-state index in [1.807, 2.05) is 0 Å². The first-order valence-corrected chi connectivity index (χ1v) is 11.5. The van der Waals surface area contributed by atoms with Gasteiger partial charge in [0, 0.05) is 17.3 Å². The maximum absolute atomic E-state index is 12.9. The molecule has 1 aliphatic rings. The normalized spacial score (nSPS) is 13.6. The Morgan fingerprint density at radius 3 is 2.33 bits per heavy atom. The van der Waals surface area contributed by atoms with Crippen molar-refractivity contribution in [3.05, 3.63) is 83.9 Å². The Morgan fingerprint density at radius 1 is 0.879 bits per heavy atom. The zero-order valence-corrected chi connectivity index (χ0v) is 18.2. The van der Waals surface area contributed by atoms with Crippen molar-refractivity contribution in [2.75, 3.05) is 17.9 Å². The first-order valence-electron chi connectivity index (χ1n) is 10.0. The molecule has 170 valence electrons. The molecule has 1 heterocycles. The smallest absolute Gasteiger partial charge is 0.262 e. The molecular formula is C23H21N3O6S. The molecule has 1 aliphatic heterocycles. The highest BCUT2D eigenvalue weighted by molar-refractivity contribution is 7.92. The van der Waals surface area contributed by atoms with Crippen molar-refractivity contribution >= 4 is 27.5 Å². The Labute approximate surface area is 190 Å². The molecule has 4 rings (SSSR count). The minimum atomic E-state index is -3.96. The predicted molar refractivity (Wildman–Crippen MR) is 121 cm³/mol. The lowest BCUT2D eigenvalue weighted by Gasteiger charge is -2.19. The number of benzene rings is 3. The van der Waals surface area contributed by atoms with E-state index in [4.69, 9.17) is 15.2 Å². The van der Waals surface area contributed by atoms with Gasteiger partial charge in [0.2, 0.25) is 5.91 Å². The third-order valence-electron chi connectivity index (χ3n) is 4.89. The molecule has 0 saturated carbocycles. The molecular weight excluding hydrogens is 446 g/mol. The standard InChI is InChI=1S/C23H21N3O6S/c24-22(27)21(15-5-2-1-3-6-15)25-23(28)16-7-4-8-17(13-16)26-33(29,30)18-9-10-19-20(14-18)32-12-11-31-19/h1-10,13-14,21,26H,11-12H2,(H2,24,27)(H,25,28). The second-order valence-corrected chi connectivity index (χ2v) is 8.89. The van der Waals surface area contributed by atoms with E-state index in [1.54, 1.807) is 30.3 Å².